The molecule has 0 saturated carbocycles. The number of nitrogens with two attached hydrogens (primary N) is 1. The summed E-state index contributed by atoms with van der Waals surface area (Å²) < 4.78 is 10.6. The molecule has 1 unspecified atom stereocenters. The van der Waals surface area contributed by atoms with Crippen LogP contribution < -0.4 is 20.5 Å². The van der Waals surface area contributed by atoms with Gasteiger partial charge in [0.1, 0.15) is 0 Å². The van der Waals surface area contributed by atoms with E-state index in [1.54, 1.807) is 0 Å². The lowest BCUT2D eigenvalue weighted by atomic mass is 10.1. The Hall–Kier alpha value is -1.33. The topological polar surface area (TPSA) is 56.5 Å². The Bertz CT molecular complexity index is 423. The van der Waals surface area contributed by atoms with Gasteiger partial charge in [-0.3, -0.25) is 0 Å². The molecule has 92 valence electrons. The second-order valence-electron chi connectivity index (χ2n) is 4.12. The van der Waals surface area contributed by atoms with Crippen molar-refractivity contribution in [2.75, 3.05) is 13.3 Å². The SMILES string of the molecule is CC(CNCc1ccc2c(c1)OCO2)C(N)=S. The second kappa shape index (κ2) is 5.33. The van der Waals surface area contributed by atoms with Gasteiger partial charge in [-0.2, -0.15) is 0 Å². The molecule has 1 aliphatic heterocycles. The van der Waals surface area contributed by atoms with E-state index in [1.807, 2.05) is 25.1 Å². The maximum Gasteiger partial charge on any atom is 0.231 e. The van der Waals surface area contributed by atoms with Gasteiger partial charge in [0.2, 0.25) is 6.79 Å². The first-order valence-corrected chi connectivity index (χ1v) is 5.96. The van der Waals surface area contributed by atoms with Crippen LogP contribution in [0.1, 0.15) is 12.5 Å². The summed E-state index contributed by atoms with van der Waals surface area (Å²) in [6, 6.07) is 5.93. The first kappa shape index (κ1) is 12.1. The predicted molar refractivity (Wildman–Crippen MR) is 70.2 cm³/mol. The van der Waals surface area contributed by atoms with E-state index in [2.05, 4.69) is 5.32 Å². The highest BCUT2D eigenvalue weighted by Gasteiger charge is 2.13. The molecule has 0 amide bonds. The molecule has 1 aromatic rings. The van der Waals surface area contributed by atoms with Crippen molar-refractivity contribution in [1.29, 1.82) is 0 Å². The highest BCUT2D eigenvalue weighted by Crippen LogP contribution is 2.32. The quantitative estimate of drug-likeness (QED) is 0.776. The highest BCUT2D eigenvalue weighted by molar-refractivity contribution is 7.80. The molecule has 4 nitrogen and oxygen atoms in total. The molecule has 0 fully saturated rings. The van der Waals surface area contributed by atoms with Gasteiger partial charge in [-0.15, -0.1) is 0 Å². The number of hydrogen-bond donors (Lipinski definition) is 2. The summed E-state index contributed by atoms with van der Waals surface area (Å²) in [6.07, 6.45) is 0. The van der Waals surface area contributed by atoms with Crippen LogP contribution in [0.15, 0.2) is 18.2 Å². The Morgan fingerprint density at radius 2 is 2.24 bits per heavy atom. The van der Waals surface area contributed by atoms with Gasteiger partial charge in [0.05, 0.1) is 4.99 Å². The smallest absolute Gasteiger partial charge is 0.231 e. The molecule has 5 heteroatoms. The fourth-order valence-electron chi connectivity index (χ4n) is 1.58. The van der Waals surface area contributed by atoms with Gasteiger partial charge in [-0.1, -0.05) is 25.2 Å². The zero-order valence-corrected chi connectivity index (χ0v) is 10.5. The van der Waals surface area contributed by atoms with E-state index in [-0.39, 0.29) is 5.92 Å². The summed E-state index contributed by atoms with van der Waals surface area (Å²) in [6.45, 7) is 3.87. The van der Waals surface area contributed by atoms with Crippen molar-refractivity contribution in [3.63, 3.8) is 0 Å². The number of rotatable bonds is 5. The summed E-state index contributed by atoms with van der Waals surface area (Å²) >= 11 is 4.91. The fourth-order valence-corrected chi connectivity index (χ4v) is 1.67. The van der Waals surface area contributed by atoms with Gasteiger partial charge >= 0.3 is 0 Å². The van der Waals surface area contributed by atoms with Gasteiger partial charge in [0, 0.05) is 19.0 Å². The van der Waals surface area contributed by atoms with E-state index in [0.29, 0.717) is 11.8 Å². The van der Waals surface area contributed by atoms with Crippen LogP contribution in [0.5, 0.6) is 11.5 Å². The zero-order valence-electron chi connectivity index (χ0n) is 9.73. The number of benzene rings is 1. The second-order valence-corrected chi connectivity index (χ2v) is 4.59. The van der Waals surface area contributed by atoms with Crippen molar-refractivity contribution >= 4 is 17.2 Å². The van der Waals surface area contributed by atoms with Crippen LogP contribution in [0.25, 0.3) is 0 Å². The van der Waals surface area contributed by atoms with Gasteiger partial charge in [-0.05, 0) is 17.7 Å². The van der Waals surface area contributed by atoms with Crippen molar-refractivity contribution in [2.45, 2.75) is 13.5 Å². The van der Waals surface area contributed by atoms with Crippen LogP contribution >= 0.6 is 12.2 Å². The average molecular weight is 252 g/mol. The Balaban J connectivity index is 1.85. The van der Waals surface area contributed by atoms with Gasteiger partial charge in [0.25, 0.3) is 0 Å². The molecule has 0 radical (unpaired) electrons. The molecule has 2 rings (SSSR count). The van der Waals surface area contributed by atoms with Crippen molar-refractivity contribution < 1.29 is 9.47 Å². The maximum atomic E-state index is 5.54. The summed E-state index contributed by atoms with van der Waals surface area (Å²) in [4.78, 5) is 0.545. The summed E-state index contributed by atoms with van der Waals surface area (Å²) in [5.41, 5.74) is 6.70. The third kappa shape index (κ3) is 3.08. The van der Waals surface area contributed by atoms with E-state index in [4.69, 9.17) is 27.4 Å². The fraction of sp³-hybridized carbons (Fsp3) is 0.417. The minimum atomic E-state index is 0.207. The molecule has 1 aromatic carbocycles. The lowest BCUT2D eigenvalue weighted by Crippen LogP contribution is -2.29. The van der Waals surface area contributed by atoms with Crippen LogP contribution in [0.3, 0.4) is 0 Å². The Morgan fingerprint density at radius 3 is 3.00 bits per heavy atom. The molecule has 3 N–H and O–H groups in total. The van der Waals surface area contributed by atoms with Crippen molar-refractivity contribution in [1.82, 2.24) is 5.32 Å². The van der Waals surface area contributed by atoms with Crippen LogP contribution in [0, 0.1) is 5.92 Å². The third-order valence-electron chi connectivity index (χ3n) is 2.70. The van der Waals surface area contributed by atoms with Gasteiger partial charge in [-0.25, -0.2) is 0 Å². The number of ether oxygens (including phenoxy) is 2. The molecule has 17 heavy (non-hydrogen) atoms. The Morgan fingerprint density at radius 1 is 1.47 bits per heavy atom. The normalized spacial score (nSPS) is 14.6. The van der Waals surface area contributed by atoms with Crippen molar-refractivity contribution in [2.24, 2.45) is 11.7 Å². The number of nitrogens with one attached hydrogen (secondary N) is 1. The number of thiocarbonyl (C=S) groups is 1. The summed E-state index contributed by atoms with van der Waals surface area (Å²) in [7, 11) is 0. The maximum absolute atomic E-state index is 5.54. The minimum absolute atomic E-state index is 0.207. The van der Waals surface area contributed by atoms with Crippen LogP contribution in [-0.4, -0.2) is 18.3 Å². The van der Waals surface area contributed by atoms with Gasteiger partial charge in [0.15, 0.2) is 11.5 Å². The number of hydrogen-bond acceptors (Lipinski definition) is 4. The molecule has 1 atom stereocenters. The van der Waals surface area contributed by atoms with Crippen LogP contribution in [0.2, 0.25) is 0 Å². The molecule has 0 spiro atoms. The minimum Gasteiger partial charge on any atom is -0.454 e. The lowest BCUT2D eigenvalue weighted by molar-refractivity contribution is 0.174. The molecule has 0 aromatic heterocycles. The molecular weight excluding hydrogens is 236 g/mol. The molecule has 0 saturated heterocycles. The largest absolute Gasteiger partial charge is 0.454 e. The zero-order chi connectivity index (χ0) is 12.3. The van der Waals surface area contributed by atoms with Gasteiger partial charge < -0.3 is 20.5 Å². The Labute approximate surface area is 106 Å². The molecule has 0 bridgehead atoms. The number of fused-ring (bicyclic) bond motifs is 1. The van der Waals surface area contributed by atoms with Crippen LogP contribution in [0.4, 0.5) is 0 Å². The van der Waals surface area contributed by atoms with Crippen molar-refractivity contribution in [3.05, 3.63) is 23.8 Å². The van der Waals surface area contributed by atoms with Crippen molar-refractivity contribution in [3.8, 4) is 11.5 Å². The average Bonchev–Trinajstić information content (AvgIpc) is 2.75. The third-order valence-corrected chi connectivity index (χ3v) is 3.10. The summed E-state index contributed by atoms with van der Waals surface area (Å²) in [5.74, 6) is 1.83. The van der Waals surface area contributed by atoms with E-state index in [9.17, 15) is 0 Å². The van der Waals surface area contributed by atoms with Crippen LogP contribution in [-0.2, 0) is 6.54 Å². The lowest BCUT2D eigenvalue weighted by Gasteiger charge is -2.11. The molecule has 0 aliphatic carbocycles. The first-order valence-electron chi connectivity index (χ1n) is 5.55. The molecule has 1 heterocycles. The summed E-state index contributed by atoms with van der Waals surface area (Å²) in [5, 5.41) is 3.31. The Kier molecular flexibility index (Phi) is 3.81. The monoisotopic (exact) mass is 252 g/mol. The van der Waals surface area contributed by atoms with E-state index in [1.165, 1.54) is 0 Å². The predicted octanol–water partition coefficient (Wildman–Crippen LogP) is 1.43. The highest BCUT2D eigenvalue weighted by atomic mass is 32.1. The molecular formula is C12H16N2O2S. The first-order chi connectivity index (χ1) is 8.16. The molecule has 1 aliphatic rings. The standard InChI is InChI=1S/C12H16N2O2S/c1-8(12(13)17)5-14-6-9-2-3-10-11(4-9)16-7-15-10/h2-4,8,14H,5-7H2,1H3,(H2,13,17). The van der Waals surface area contributed by atoms with E-state index >= 15 is 0 Å². The van der Waals surface area contributed by atoms with E-state index < -0.39 is 0 Å². The van der Waals surface area contributed by atoms with E-state index in [0.717, 1.165) is 30.2 Å².